The van der Waals surface area contributed by atoms with Crippen molar-refractivity contribution in [3.8, 4) is 0 Å². The Morgan fingerprint density at radius 1 is 1.29 bits per heavy atom. The number of aryl methyl sites for hydroxylation is 1. The van der Waals surface area contributed by atoms with Crippen molar-refractivity contribution < 1.29 is 8.42 Å². The fourth-order valence-corrected chi connectivity index (χ4v) is 5.29. The quantitative estimate of drug-likeness (QED) is 0.682. The van der Waals surface area contributed by atoms with Gasteiger partial charge in [-0.15, -0.1) is 11.3 Å². The van der Waals surface area contributed by atoms with Crippen LogP contribution >= 0.6 is 11.3 Å². The zero-order chi connectivity index (χ0) is 16.0. The molecule has 1 heterocycles. The van der Waals surface area contributed by atoms with E-state index in [0.29, 0.717) is 4.90 Å². The van der Waals surface area contributed by atoms with Gasteiger partial charge in [0.2, 0.25) is 10.0 Å². The molecule has 6 heteroatoms. The van der Waals surface area contributed by atoms with Crippen molar-refractivity contribution in [2.24, 2.45) is 5.92 Å². The molecule has 0 aliphatic carbocycles. The third-order valence-corrected chi connectivity index (χ3v) is 6.29. The Morgan fingerprint density at radius 2 is 1.95 bits per heavy atom. The molecule has 0 amide bonds. The minimum atomic E-state index is -3.42. The first-order valence-corrected chi connectivity index (χ1v) is 9.94. The Kier molecular flexibility index (Phi) is 7.33. The summed E-state index contributed by atoms with van der Waals surface area (Å²) in [4.78, 5) is 2.35. The summed E-state index contributed by atoms with van der Waals surface area (Å²) in [5.41, 5.74) is 0. The number of thiophene rings is 1. The second-order valence-electron chi connectivity index (χ2n) is 5.69. The van der Waals surface area contributed by atoms with E-state index in [1.807, 2.05) is 27.7 Å². The first kappa shape index (κ1) is 18.6. The Balaban J connectivity index is 2.88. The van der Waals surface area contributed by atoms with Crippen LogP contribution in [0.2, 0.25) is 0 Å². The van der Waals surface area contributed by atoms with Gasteiger partial charge in [0, 0.05) is 22.3 Å². The Hall–Kier alpha value is -0.430. The van der Waals surface area contributed by atoms with E-state index in [-0.39, 0.29) is 12.0 Å². The number of nitrogens with one attached hydrogen (secondary N) is 2. The van der Waals surface area contributed by atoms with Crippen molar-refractivity contribution in [1.82, 2.24) is 10.0 Å². The minimum Gasteiger partial charge on any atom is -0.312 e. The van der Waals surface area contributed by atoms with Crippen molar-refractivity contribution in [1.29, 1.82) is 0 Å². The highest BCUT2D eigenvalue weighted by Gasteiger charge is 2.24. The van der Waals surface area contributed by atoms with Crippen molar-refractivity contribution in [2.75, 3.05) is 6.54 Å². The summed E-state index contributed by atoms with van der Waals surface area (Å²) in [6.45, 7) is 11.8. The first-order valence-electron chi connectivity index (χ1n) is 7.64. The van der Waals surface area contributed by atoms with Crippen LogP contribution in [-0.2, 0) is 16.6 Å². The van der Waals surface area contributed by atoms with Gasteiger partial charge in [-0.2, -0.15) is 0 Å². The third kappa shape index (κ3) is 5.36. The molecule has 0 spiro atoms. The van der Waals surface area contributed by atoms with E-state index < -0.39 is 10.0 Å². The van der Waals surface area contributed by atoms with E-state index in [0.717, 1.165) is 35.7 Å². The summed E-state index contributed by atoms with van der Waals surface area (Å²) in [6.07, 6.45) is 1.87. The van der Waals surface area contributed by atoms with Gasteiger partial charge in [-0.05, 0) is 38.3 Å². The van der Waals surface area contributed by atoms with Crippen LogP contribution in [0.1, 0.15) is 50.3 Å². The highest BCUT2D eigenvalue weighted by Crippen LogP contribution is 2.26. The summed E-state index contributed by atoms with van der Waals surface area (Å²) in [5.74, 6) is 0.286. The standard InChI is InChI=1S/C15H28N2O2S2/c1-6-8-16-10-13-9-15(12(5)20-13)21(18,19)17-14(7-2)11(3)4/h9,11,14,16-17H,6-8,10H2,1-5H3. The lowest BCUT2D eigenvalue weighted by atomic mass is 10.0. The average Bonchev–Trinajstić information content (AvgIpc) is 2.78. The molecule has 0 aliphatic heterocycles. The number of hydrogen-bond acceptors (Lipinski definition) is 4. The van der Waals surface area contributed by atoms with Gasteiger partial charge < -0.3 is 5.32 Å². The molecule has 0 radical (unpaired) electrons. The molecule has 1 aromatic heterocycles. The zero-order valence-electron chi connectivity index (χ0n) is 13.7. The predicted octanol–water partition coefficient (Wildman–Crippen LogP) is 3.27. The number of hydrogen-bond donors (Lipinski definition) is 2. The maximum absolute atomic E-state index is 12.5. The summed E-state index contributed by atoms with van der Waals surface area (Å²) in [7, 11) is -3.42. The second kappa shape index (κ2) is 8.27. The van der Waals surface area contributed by atoms with Crippen molar-refractivity contribution in [3.05, 3.63) is 15.8 Å². The van der Waals surface area contributed by atoms with Crippen LogP contribution in [-0.4, -0.2) is 21.0 Å². The van der Waals surface area contributed by atoms with Crippen LogP contribution in [0.5, 0.6) is 0 Å². The minimum absolute atomic E-state index is 0.0176. The maximum atomic E-state index is 12.5. The van der Waals surface area contributed by atoms with E-state index in [2.05, 4.69) is 17.0 Å². The lowest BCUT2D eigenvalue weighted by Gasteiger charge is -2.20. The van der Waals surface area contributed by atoms with Crippen LogP contribution in [0.25, 0.3) is 0 Å². The topological polar surface area (TPSA) is 58.2 Å². The van der Waals surface area contributed by atoms with Gasteiger partial charge in [0.05, 0.1) is 4.90 Å². The molecular formula is C15H28N2O2S2. The van der Waals surface area contributed by atoms with Crippen LogP contribution in [0.4, 0.5) is 0 Å². The molecule has 0 fully saturated rings. The van der Waals surface area contributed by atoms with Crippen LogP contribution in [0.3, 0.4) is 0 Å². The molecule has 122 valence electrons. The van der Waals surface area contributed by atoms with Gasteiger partial charge in [-0.25, -0.2) is 13.1 Å². The largest absolute Gasteiger partial charge is 0.312 e. The molecule has 0 aromatic carbocycles. The molecule has 1 rings (SSSR count). The highest BCUT2D eigenvalue weighted by molar-refractivity contribution is 7.89. The zero-order valence-corrected chi connectivity index (χ0v) is 15.3. The van der Waals surface area contributed by atoms with E-state index in [4.69, 9.17) is 0 Å². The molecule has 0 saturated carbocycles. The van der Waals surface area contributed by atoms with Gasteiger partial charge in [-0.1, -0.05) is 27.7 Å². The van der Waals surface area contributed by atoms with Crippen LogP contribution in [0.15, 0.2) is 11.0 Å². The summed E-state index contributed by atoms with van der Waals surface area (Å²) < 4.78 is 27.9. The lowest BCUT2D eigenvalue weighted by molar-refractivity contribution is 0.437. The maximum Gasteiger partial charge on any atom is 0.241 e. The molecule has 4 nitrogen and oxygen atoms in total. The molecule has 0 bridgehead atoms. The van der Waals surface area contributed by atoms with Crippen molar-refractivity contribution in [3.63, 3.8) is 0 Å². The van der Waals surface area contributed by atoms with Gasteiger partial charge >= 0.3 is 0 Å². The number of sulfonamides is 1. The van der Waals surface area contributed by atoms with Crippen molar-refractivity contribution in [2.45, 2.75) is 64.9 Å². The molecular weight excluding hydrogens is 304 g/mol. The first-order chi connectivity index (χ1) is 9.81. The molecule has 0 aliphatic rings. The summed E-state index contributed by atoms with van der Waals surface area (Å²) in [5, 5.41) is 3.31. The molecule has 1 unspecified atom stereocenters. The van der Waals surface area contributed by atoms with E-state index >= 15 is 0 Å². The fourth-order valence-electron chi connectivity index (χ4n) is 2.22. The van der Waals surface area contributed by atoms with Crippen LogP contribution < -0.4 is 10.0 Å². The van der Waals surface area contributed by atoms with Gasteiger partial charge in [0.1, 0.15) is 0 Å². The van der Waals surface area contributed by atoms with Gasteiger partial charge in [0.15, 0.2) is 0 Å². The molecule has 0 saturated heterocycles. The number of rotatable bonds is 9. The van der Waals surface area contributed by atoms with E-state index in [1.54, 1.807) is 17.4 Å². The summed E-state index contributed by atoms with van der Waals surface area (Å²) >= 11 is 1.55. The Morgan fingerprint density at radius 3 is 2.48 bits per heavy atom. The normalized spacial score (nSPS) is 13.8. The van der Waals surface area contributed by atoms with Gasteiger partial charge in [-0.3, -0.25) is 0 Å². The average molecular weight is 333 g/mol. The Labute approximate surface area is 133 Å². The molecule has 21 heavy (non-hydrogen) atoms. The van der Waals surface area contributed by atoms with Crippen LogP contribution in [0, 0.1) is 12.8 Å². The Bertz CT molecular complexity index is 536. The smallest absolute Gasteiger partial charge is 0.241 e. The van der Waals surface area contributed by atoms with E-state index in [1.165, 1.54) is 0 Å². The second-order valence-corrected chi connectivity index (χ2v) is 8.71. The fraction of sp³-hybridized carbons (Fsp3) is 0.733. The summed E-state index contributed by atoms with van der Waals surface area (Å²) in [6, 6.07) is 1.79. The predicted molar refractivity (Wildman–Crippen MR) is 90.3 cm³/mol. The molecule has 2 N–H and O–H groups in total. The SMILES string of the molecule is CCCNCc1cc(S(=O)(=O)NC(CC)C(C)C)c(C)s1. The monoisotopic (exact) mass is 332 g/mol. The molecule has 1 atom stereocenters. The lowest BCUT2D eigenvalue weighted by Crippen LogP contribution is -2.38. The van der Waals surface area contributed by atoms with E-state index in [9.17, 15) is 8.42 Å². The van der Waals surface area contributed by atoms with Crippen molar-refractivity contribution >= 4 is 21.4 Å². The molecule has 1 aromatic rings. The van der Waals surface area contributed by atoms with Gasteiger partial charge in [0.25, 0.3) is 0 Å². The highest BCUT2D eigenvalue weighted by atomic mass is 32.2. The third-order valence-electron chi connectivity index (χ3n) is 3.49.